The van der Waals surface area contributed by atoms with Crippen LogP contribution in [0.3, 0.4) is 0 Å². The Labute approximate surface area is 144 Å². The molecule has 6 nitrogen and oxygen atoms in total. The summed E-state index contributed by atoms with van der Waals surface area (Å²) in [5.41, 5.74) is 0.655. The lowest BCUT2D eigenvalue weighted by Gasteiger charge is -2.34. The van der Waals surface area contributed by atoms with Crippen LogP contribution in [0.25, 0.3) is 0 Å². The molecule has 1 aliphatic rings. The molecule has 7 heteroatoms. The van der Waals surface area contributed by atoms with E-state index in [2.05, 4.69) is 4.98 Å². The summed E-state index contributed by atoms with van der Waals surface area (Å²) in [5.74, 6) is -0.880. The van der Waals surface area contributed by atoms with E-state index in [-0.39, 0.29) is 23.1 Å². The van der Waals surface area contributed by atoms with Crippen molar-refractivity contribution in [1.82, 2.24) is 14.8 Å². The fourth-order valence-corrected chi connectivity index (χ4v) is 2.75. The van der Waals surface area contributed by atoms with Gasteiger partial charge in [0.1, 0.15) is 5.69 Å². The van der Waals surface area contributed by atoms with Crippen LogP contribution in [0, 0.1) is 5.82 Å². The first-order chi connectivity index (χ1) is 12.1. The molecule has 25 heavy (non-hydrogen) atoms. The quantitative estimate of drug-likeness (QED) is 0.853. The Morgan fingerprint density at radius 2 is 1.72 bits per heavy atom. The predicted octanol–water partition coefficient (Wildman–Crippen LogP) is 1.83. The van der Waals surface area contributed by atoms with Crippen LogP contribution in [0.5, 0.6) is 5.75 Å². The Morgan fingerprint density at radius 1 is 1.04 bits per heavy atom. The van der Waals surface area contributed by atoms with Gasteiger partial charge in [0, 0.05) is 37.9 Å². The summed E-state index contributed by atoms with van der Waals surface area (Å²) in [7, 11) is 1.37. The van der Waals surface area contributed by atoms with Crippen LogP contribution in [-0.4, -0.2) is 59.9 Å². The standard InChI is InChI=1S/C18H18FN3O3/c1-25-16-6-5-13(12-14(16)19)17(23)21-8-10-22(11-9-21)18(24)15-4-2-3-7-20-15/h2-7,12H,8-11H2,1H3. The normalized spacial score (nSPS) is 14.3. The zero-order chi connectivity index (χ0) is 17.8. The van der Waals surface area contributed by atoms with Crippen molar-refractivity contribution in [3.05, 3.63) is 59.7 Å². The molecule has 2 heterocycles. The maximum absolute atomic E-state index is 13.8. The highest BCUT2D eigenvalue weighted by Crippen LogP contribution is 2.19. The van der Waals surface area contributed by atoms with Crippen LogP contribution in [0.15, 0.2) is 42.6 Å². The second kappa shape index (κ2) is 7.29. The number of piperazine rings is 1. The molecule has 0 saturated carbocycles. The van der Waals surface area contributed by atoms with Gasteiger partial charge in [-0.15, -0.1) is 0 Å². The van der Waals surface area contributed by atoms with E-state index in [4.69, 9.17) is 4.74 Å². The number of halogens is 1. The van der Waals surface area contributed by atoms with Gasteiger partial charge < -0.3 is 14.5 Å². The number of aromatic nitrogens is 1. The number of amides is 2. The van der Waals surface area contributed by atoms with Gasteiger partial charge in [-0.2, -0.15) is 0 Å². The van der Waals surface area contributed by atoms with Gasteiger partial charge in [0.05, 0.1) is 7.11 Å². The molecule has 1 aromatic carbocycles. The van der Waals surface area contributed by atoms with Crippen molar-refractivity contribution < 1.29 is 18.7 Å². The Morgan fingerprint density at radius 3 is 2.28 bits per heavy atom. The number of nitrogens with zero attached hydrogens (tertiary/aromatic N) is 3. The van der Waals surface area contributed by atoms with Gasteiger partial charge in [0.25, 0.3) is 11.8 Å². The summed E-state index contributed by atoms with van der Waals surface area (Å²) >= 11 is 0. The Kier molecular flexibility index (Phi) is 4.92. The maximum Gasteiger partial charge on any atom is 0.272 e. The molecule has 2 aromatic rings. The fourth-order valence-electron chi connectivity index (χ4n) is 2.75. The minimum Gasteiger partial charge on any atom is -0.494 e. The van der Waals surface area contributed by atoms with Gasteiger partial charge in [-0.1, -0.05) is 6.07 Å². The molecule has 1 saturated heterocycles. The number of hydrogen-bond donors (Lipinski definition) is 0. The van der Waals surface area contributed by atoms with Crippen molar-refractivity contribution in [2.45, 2.75) is 0 Å². The molecule has 0 unspecified atom stereocenters. The second-order valence-corrected chi connectivity index (χ2v) is 5.65. The average molecular weight is 343 g/mol. The third-order valence-electron chi connectivity index (χ3n) is 4.14. The Balaban J connectivity index is 1.63. The SMILES string of the molecule is COc1ccc(C(=O)N2CCN(C(=O)c3ccccn3)CC2)cc1F. The molecule has 1 aromatic heterocycles. The molecular formula is C18H18FN3O3. The van der Waals surface area contributed by atoms with Crippen LogP contribution in [0.2, 0.25) is 0 Å². The molecule has 1 aliphatic heterocycles. The number of rotatable bonds is 3. The molecule has 0 aliphatic carbocycles. The van der Waals surface area contributed by atoms with E-state index in [1.54, 1.807) is 34.2 Å². The van der Waals surface area contributed by atoms with Crippen molar-refractivity contribution in [1.29, 1.82) is 0 Å². The second-order valence-electron chi connectivity index (χ2n) is 5.65. The van der Waals surface area contributed by atoms with Crippen LogP contribution in [0.1, 0.15) is 20.8 Å². The molecule has 0 bridgehead atoms. The Hall–Kier alpha value is -2.96. The zero-order valence-corrected chi connectivity index (χ0v) is 13.8. The number of benzene rings is 1. The first-order valence-corrected chi connectivity index (χ1v) is 7.93. The van der Waals surface area contributed by atoms with E-state index in [1.165, 1.54) is 25.3 Å². The van der Waals surface area contributed by atoms with Gasteiger partial charge in [0.15, 0.2) is 11.6 Å². The van der Waals surface area contributed by atoms with Crippen LogP contribution < -0.4 is 4.74 Å². The monoisotopic (exact) mass is 343 g/mol. The van der Waals surface area contributed by atoms with E-state index < -0.39 is 5.82 Å². The lowest BCUT2D eigenvalue weighted by atomic mass is 10.1. The highest BCUT2D eigenvalue weighted by Gasteiger charge is 2.26. The predicted molar refractivity (Wildman–Crippen MR) is 89.0 cm³/mol. The molecule has 130 valence electrons. The van der Waals surface area contributed by atoms with Crippen molar-refractivity contribution in [2.75, 3.05) is 33.3 Å². The number of pyridine rings is 1. The third-order valence-corrected chi connectivity index (χ3v) is 4.14. The molecule has 0 spiro atoms. The number of carbonyl (C=O) groups excluding carboxylic acids is 2. The van der Waals surface area contributed by atoms with Crippen LogP contribution >= 0.6 is 0 Å². The van der Waals surface area contributed by atoms with E-state index >= 15 is 0 Å². The van der Waals surface area contributed by atoms with Crippen molar-refractivity contribution in [3.8, 4) is 5.75 Å². The topological polar surface area (TPSA) is 62.7 Å². The largest absolute Gasteiger partial charge is 0.494 e. The number of hydrogen-bond acceptors (Lipinski definition) is 4. The van der Waals surface area contributed by atoms with Gasteiger partial charge in [-0.25, -0.2) is 4.39 Å². The maximum atomic E-state index is 13.8. The smallest absolute Gasteiger partial charge is 0.272 e. The first kappa shape index (κ1) is 16.9. The Bertz CT molecular complexity index is 774. The summed E-state index contributed by atoms with van der Waals surface area (Å²) in [5, 5.41) is 0. The molecule has 3 rings (SSSR count). The fraction of sp³-hybridized carbons (Fsp3) is 0.278. The van der Waals surface area contributed by atoms with Crippen molar-refractivity contribution in [3.63, 3.8) is 0 Å². The lowest BCUT2D eigenvalue weighted by Crippen LogP contribution is -2.50. The molecule has 0 radical (unpaired) electrons. The van der Waals surface area contributed by atoms with E-state index in [0.717, 1.165) is 0 Å². The molecular weight excluding hydrogens is 325 g/mol. The summed E-state index contributed by atoms with van der Waals surface area (Å²) in [6, 6.07) is 9.32. The molecule has 1 fully saturated rings. The van der Waals surface area contributed by atoms with Gasteiger partial charge in [0.2, 0.25) is 0 Å². The third kappa shape index (κ3) is 3.60. The van der Waals surface area contributed by atoms with Crippen molar-refractivity contribution >= 4 is 11.8 Å². The molecule has 0 N–H and O–H groups in total. The van der Waals surface area contributed by atoms with E-state index in [0.29, 0.717) is 31.9 Å². The lowest BCUT2D eigenvalue weighted by molar-refractivity contribution is 0.0532. The summed E-state index contributed by atoms with van der Waals surface area (Å²) in [4.78, 5) is 32.2. The molecule has 2 amide bonds. The summed E-state index contributed by atoms with van der Waals surface area (Å²) in [6.07, 6.45) is 1.57. The van der Waals surface area contributed by atoms with Crippen molar-refractivity contribution in [2.24, 2.45) is 0 Å². The van der Waals surface area contributed by atoms with Gasteiger partial charge in [-0.3, -0.25) is 14.6 Å². The number of methoxy groups -OCH3 is 1. The van der Waals surface area contributed by atoms with Crippen LogP contribution in [-0.2, 0) is 0 Å². The van der Waals surface area contributed by atoms with E-state index in [9.17, 15) is 14.0 Å². The van der Waals surface area contributed by atoms with E-state index in [1.807, 2.05) is 0 Å². The average Bonchev–Trinajstić information content (AvgIpc) is 2.67. The minimum atomic E-state index is -0.572. The van der Waals surface area contributed by atoms with Crippen LogP contribution in [0.4, 0.5) is 4.39 Å². The minimum absolute atomic E-state index is 0.0994. The zero-order valence-electron chi connectivity index (χ0n) is 13.8. The highest BCUT2D eigenvalue weighted by molar-refractivity contribution is 5.95. The first-order valence-electron chi connectivity index (χ1n) is 7.93. The summed E-state index contributed by atoms with van der Waals surface area (Å²) < 4.78 is 18.6. The van der Waals surface area contributed by atoms with Gasteiger partial charge >= 0.3 is 0 Å². The summed E-state index contributed by atoms with van der Waals surface area (Å²) in [6.45, 7) is 1.62. The highest BCUT2D eigenvalue weighted by atomic mass is 19.1. The van der Waals surface area contributed by atoms with Gasteiger partial charge in [-0.05, 0) is 30.3 Å². The number of ether oxygens (including phenoxy) is 1. The molecule has 0 atom stereocenters. The number of carbonyl (C=O) groups is 2.